The van der Waals surface area contributed by atoms with Crippen LogP contribution in [0.4, 0.5) is 0 Å². The van der Waals surface area contributed by atoms with E-state index in [1.54, 1.807) is 0 Å². The molecule has 20 heavy (non-hydrogen) atoms. The maximum Gasteiger partial charge on any atom is 0.0821 e. The topological polar surface area (TPSA) is 22.8 Å². The fourth-order valence-electron chi connectivity index (χ4n) is 2.39. The molecule has 4 heteroatoms. The van der Waals surface area contributed by atoms with E-state index in [1.165, 1.54) is 0 Å². The van der Waals surface area contributed by atoms with Gasteiger partial charge in [0.05, 0.1) is 12.2 Å². The van der Waals surface area contributed by atoms with E-state index in [0.717, 1.165) is 34.6 Å². The van der Waals surface area contributed by atoms with Crippen LogP contribution >= 0.6 is 11.6 Å². The van der Waals surface area contributed by atoms with Crippen molar-refractivity contribution in [3.05, 3.63) is 53.4 Å². The number of benzene rings is 1. The molecule has 0 saturated heterocycles. The molecule has 0 amide bonds. The molecule has 1 atom stereocenters. The summed E-state index contributed by atoms with van der Waals surface area (Å²) in [5.41, 5.74) is 2.22. The van der Waals surface area contributed by atoms with Gasteiger partial charge in [-0.25, -0.2) is 0 Å². The van der Waals surface area contributed by atoms with Crippen LogP contribution in [-0.4, -0.2) is 14.3 Å². The first-order valence-electron chi connectivity index (χ1n) is 6.96. The average molecular weight is 288 g/mol. The molecule has 0 saturated carbocycles. The third-order valence-corrected chi connectivity index (χ3v) is 4.13. The van der Waals surface area contributed by atoms with Crippen LogP contribution in [0.3, 0.4) is 0 Å². The Kier molecular flexibility index (Phi) is 3.53. The van der Waals surface area contributed by atoms with Crippen LogP contribution in [0.1, 0.15) is 32.0 Å². The van der Waals surface area contributed by atoms with Crippen LogP contribution in [0.25, 0.3) is 10.9 Å². The summed E-state index contributed by atoms with van der Waals surface area (Å²) >= 11 is 6.20. The zero-order valence-electron chi connectivity index (χ0n) is 11.8. The zero-order chi connectivity index (χ0) is 14.1. The average Bonchev–Trinajstić information content (AvgIpc) is 3.07. The van der Waals surface area contributed by atoms with Gasteiger partial charge in [0.15, 0.2) is 0 Å². The lowest BCUT2D eigenvalue weighted by Gasteiger charge is -2.08. The van der Waals surface area contributed by atoms with Crippen molar-refractivity contribution >= 4 is 22.5 Å². The second-order valence-corrected chi connectivity index (χ2v) is 5.57. The molecule has 3 aromatic rings. The highest BCUT2D eigenvalue weighted by atomic mass is 35.5. The second kappa shape index (κ2) is 5.33. The van der Waals surface area contributed by atoms with E-state index >= 15 is 0 Å². The molecule has 2 aromatic heterocycles. The van der Waals surface area contributed by atoms with E-state index in [2.05, 4.69) is 54.1 Å². The van der Waals surface area contributed by atoms with Crippen molar-refractivity contribution in [2.24, 2.45) is 0 Å². The van der Waals surface area contributed by atoms with Crippen molar-refractivity contribution < 1.29 is 0 Å². The first-order chi connectivity index (χ1) is 9.69. The van der Waals surface area contributed by atoms with Gasteiger partial charge < -0.3 is 4.57 Å². The van der Waals surface area contributed by atoms with Gasteiger partial charge in [0.1, 0.15) is 0 Å². The monoisotopic (exact) mass is 287 g/mol. The first kappa shape index (κ1) is 13.3. The summed E-state index contributed by atoms with van der Waals surface area (Å²) in [4.78, 5) is 0. The summed E-state index contributed by atoms with van der Waals surface area (Å²) in [5.74, 6) is 0. The standard InChI is InChI=1S/C16H18ClN3/c1-3-12(2)20-10-7-13(18-20)11-19-9-8-14-15(17)5-4-6-16(14)19/h4-10,12H,3,11H2,1-2H3. The number of hydrogen-bond acceptors (Lipinski definition) is 1. The Morgan fingerprint density at radius 2 is 2.05 bits per heavy atom. The van der Waals surface area contributed by atoms with E-state index in [9.17, 15) is 0 Å². The Bertz CT molecular complexity index is 726. The smallest absolute Gasteiger partial charge is 0.0821 e. The van der Waals surface area contributed by atoms with Gasteiger partial charge in [-0.1, -0.05) is 24.6 Å². The van der Waals surface area contributed by atoms with E-state index in [4.69, 9.17) is 11.6 Å². The van der Waals surface area contributed by atoms with E-state index in [-0.39, 0.29) is 0 Å². The molecule has 0 aliphatic rings. The molecule has 2 heterocycles. The third-order valence-electron chi connectivity index (χ3n) is 3.80. The number of rotatable bonds is 4. The summed E-state index contributed by atoms with van der Waals surface area (Å²) in [6.45, 7) is 5.13. The van der Waals surface area contributed by atoms with E-state index in [1.807, 2.05) is 16.8 Å². The minimum atomic E-state index is 0.444. The predicted octanol–water partition coefficient (Wildman–Crippen LogP) is 4.51. The molecule has 0 aliphatic heterocycles. The van der Waals surface area contributed by atoms with Crippen LogP contribution in [0.15, 0.2) is 42.7 Å². The molecule has 0 bridgehead atoms. The van der Waals surface area contributed by atoms with Gasteiger partial charge in [-0.3, -0.25) is 4.68 Å². The Balaban J connectivity index is 1.90. The van der Waals surface area contributed by atoms with E-state index < -0.39 is 0 Å². The minimum Gasteiger partial charge on any atom is -0.341 e. The van der Waals surface area contributed by atoms with E-state index in [0.29, 0.717) is 6.04 Å². The van der Waals surface area contributed by atoms with Gasteiger partial charge in [0.2, 0.25) is 0 Å². The molecular weight excluding hydrogens is 270 g/mol. The SMILES string of the molecule is CCC(C)n1ccc(Cn2ccc3c(Cl)cccc32)n1. The Labute approximate surface area is 123 Å². The molecule has 0 N–H and O–H groups in total. The highest BCUT2D eigenvalue weighted by Crippen LogP contribution is 2.24. The Morgan fingerprint density at radius 3 is 2.85 bits per heavy atom. The highest BCUT2D eigenvalue weighted by Gasteiger charge is 2.08. The summed E-state index contributed by atoms with van der Waals surface area (Å²) < 4.78 is 4.22. The largest absolute Gasteiger partial charge is 0.341 e. The van der Waals surface area contributed by atoms with Gasteiger partial charge >= 0.3 is 0 Å². The fourth-order valence-corrected chi connectivity index (χ4v) is 2.63. The van der Waals surface area contributed by atoms with Crippen LogP contribution in [0.5, 0.6) is 0 Å². The summed E-state index contributed by atoms with van der Waals surface area (Å²) in [6.07, 6.45) is 5.21. The predicted molar refractivity (Wildman–Crippen MR) is 83.3 cm³/mol. The number of halogens is 1. The minimum absolute atomic E-state index is 0.444. The molecule has 0 spiro atoms. The van der Waals surface area contributed by atoms with Crippen molar-refractivity contribution in [3.8, 4) is 0 Å². The summed E-state index contributed by atoms with van der Waals surface area (Å²) in [5, 5.41) is 6.54. The lowest BCUT2D eigenvalue weighted by Crippen LogP contribution is -2.06. The summed E-state index contributed by atoms with van der Waals surface area (Å²) in [7, 11) is 0. The maximum atomic E-state index is 6.20. The maximum absolute atomic E-state index is 6.20. The number of aromatic nitrogens is 3. The normalized spacial score (nSPS) is 12.9. The second-order valence-electron chi connectivity index (χ2n) is 5.16. The molecule has 3 rings (SSSR count). The molecule has 0 fully saturated rings. The van der Waals surface area contributed by atoms with Crippen LogP contribution in [0.2, 0.25) is 5.02 Å². The van der Waals surface area contributed by atoms with Crippen molar-refractivity contribution in [1.29, 1.82) is 0 Å². The van der Waals surface area contributed by atoms with Crippen molar-refractivity contribution in [1.82, 2.24) is 14.3 Å². The molecular formula is C16H18ClN3. The first-order valence-corrected chi connectivity index (χ1v) is 7.34. The zero-order valence-corrected chi connectivity index (χ0v) is 12.5. The lowest BCUT2D eigenvalue weighted by molar-refractivity contribution is 0.472. The number of hydrogen-bond donors (Lipinski definition) is 0. The van der Waals surface area contributed by atoms with Gasteiger partial charge in [0, 0.05) is 34.4 Å². The van der Waals surface area contributed by atoms with Crippen LogP contribution in [0, 0.1) is 0 Å². The summed E-state index contributed by atoms with van der Waals surface area (Å²) in [6, 6.07) is 10.6. The van der Waals surface area contributed by atoms with Crippen molar-refractivity contribution in [2.75, 3.05) is 0 Å². The molecule has 104 valence electrons. The van der Waals surface area contributed by atoms with Gasteiger partial charge in [-0.05, 0) is 37.6 Å². The molecule has 1 unspecified atom stereocenters. The van der Waals surface area contributed by atoms with Gasteiger partial charge in [-0.15, -0.1) is 0 Å². The van der Waals surface area contributed by atoms with Gasteiger partial charge in [-0.2, -0.15) is 5.10 Å². The molecule has 0 aliphatic carbocycles. The van der Waals surface area contributed by atoms with Crippen LogP contribution < -0.4 is 0 Å². The van der Waals surface area contributed by atoms with Gasteiger partial charge in [0.25, 0.3) is 0 Å². The van der Waals surface area contributed by atoms with Crippen LogP contribution in [-0.2, 0) is 6.54 Å². The highest BCUT2D eigenvalue weighted by molar-refractivity contribution is 6.35. The number of nitrogens with zero attached hydrogens (tertiary/aromatic N) is 3. The Morgan fingerprint density at radius 1 is 1.20 bits per heavy atom. The third kappa shape index (κ3) is 2.34. The lowest BCUT2D eigenvalue weighted by atomic mass is 10.2. The Hall–Kier alpha value is -1.74. The number of fused-ring (bicyclic) bond motifs is 1. The molecule has 0 radical (unpaired) electrons. The van der Waals surface area contributed by atoms with Crippen molar-refractivity contribution in [3.63, 3.8) is 0 Å². The quantitative estimate of drug-likeness (QED) is 0.692. The molecule has 3 nitrogen and oxygen atoms in total. The van der Waals surface area contributed by atoms with Crippen molar-refractivity contribution in [2.45, 2.75) is 32.9 Å². The fraction of sp³-hybridized carbons (Fsp3) is 0.312. The molecule has 1 aromatic carbocycles.